The maximum atomic E-state index is 13.7. The predicted molar refractivity (Wildman–Crippen MR) is 106 cm³/mol. The molecule has 0 radical (unpaired) electrons. The molecule has 4 aromatic rings. The Bertz CT molecular complexity index is 1300. The molecule has 0 atom stereocenters. The van der Waals surface area contributed by atoms with Gasteiger partial charge in [0.2, 0.25) is 9.84 Å². The minimum Gasteiger partial charge on any atom is -0.497 e. The Morgan fingerprint density at radius 1 is 0.862 bits per heavy atom. The van der Waals surface area contributed by atoms with Crippen molar-refractivity contribution in [3.05, 3.63) is 84.6 Å². The van der Waals surface area contributed by atoms with E-state index in [-0.39, 0.29) is 9.79 Å². The smallest absolute Gasteiger partial charge is 0.208 e. The Morgan fingerprint density at radius 2 is 1.52 bits per heavy atom. The van der Waals surface area contributed by atoms with Crippen LogP contribution in [0, 0.1) is 11.6 Å². The van der Waals surface area contributed by atoms with Gasteiger partial charge in [-0.1, -0.05) is 12.1 Å². The summed E-state index contributed by atoms with van der Waals surface area (Å²) in [5, 5.41) is 0.486. The third-order valence-corrected chi connectivity index (χ3v) is 6.37. The van der Waals surface area contributed by atoms with Crippen molar-refractivity contribution in [3.63, 3.8) is 0 Å². The normalized spacial score (nSPS) is 11.6. The summed E-state index contributed by atoms with van der Waals surface area (Å²) in [7, 11) is -2.47. The molecule has 0 bridgehead atoms. The van der Waals surface area contributed by atoms with Crippen LogP contribution in [0.5, 0.6) is 5.75 Å². The lowest BCUT2D eigenvalue weighted by atomic mass is 10.0. The maximum absolute atomic E-state index is 13.7. The summed E-state index contributed by atoms with van der Waals surface area (Å²) in [4.78, 5) is 4.05. The molecule has 146 valence electrons. The van der Waals surface area contributed by atoms with Crippen molar-refractivity contribution in [2.24, 2.45) is 0 Å². The number of fused-ring (bicyclic) bond motifs is 1. The highest BCUT2D eigenvalue weighted by Gasteiger charge is 2.25. The van der Waals surface area contributed by atoms with Crippen LogP contribution in [0.15, 0.2) is 82.7 Å². The Kier molecular flexibility index (Phi) is 4.76. The molecule has 7 heteroatoms. The van der Waals surface area contributed by atoms with E-state index in [1.807, 2.05) is 0 Å². The van der Waals surface area contributed by atoms with Crippen LogP contribution in [0.1, 0.15) is 0 Å². The average molecular weight is 411 g/mol. The molecule has 4 nitrogen and oxygen atoms in total. The molecular weight excluding hydrogens is 396 g/mol. The van der Waals surface area contributed by atoms with E-state index < -0.39 is 21.5 Å². The van der Waals surface area contributed by atoms with E-state index in [0.29, 0.717) is 27.8 Å². The summed E-state index contributed by atoms with van der Waals surface area (Å²) in [6.45, 7) is 0. The second-order valence-corrected chi connectivity index (χ2v) is 8.26. The maximum Gasteiger partial charge on any atom is 0.208 e. The Balaban J connectivity index is 2.03. The number of aromatic nitrogens is 1. The highest BCUT2D eigenvalue weighted by molar-refractivity contribution is 7.91. The van der Waals surface area contributed by atoms with Crippen molar-refractivity contribution in [3.8, 4) is 16.9 Å². The first kappa shape index (κ1) is 19.0. The first-order valence-electron chi connectivity index (χ1n) is 8.63. The molecule has 0 aliphatic rings. The van der Waals surface area contributed by atoms with Gasteiger partial charge in [-0.3, -0.25) is 4.98 Å². The van der Waals surface area contributed by atoms with Crippen molar-refractivity contribution in [1.82, 2.24) is 4.98 Å². The van der Waals surface area contributed by atoms with Crippen LogP contribution in [0.2, 0.25) is 0 Å². The van der Waals surface area contributed by atoms with E-state index in [2.05, 4.69) is 4.98 Å². The van der Waals surface area contributed by atoms with E-state index in [9.17, 15) is 17.2 Å². The molecule has 0 aliphatic heterocycles. The molecule has 0 unspecified atom stereocenters. The summed E-state index contributed by atoms with van der Waals surface area (Å²) in [6, 6.07) is 15.4. The summed E-state index contributed by atoms with van der Waals surface area (Å²) in [5.74, 6) is -0.396. The van der Waals surface area contributed by atoms with Crippen molar-refractivity contribution >= 4 is 20.7 Å². The lowest BCUT2D eigenvalue weighted by Crippen LogP contribution is -2.06. The highest BCUT2D eigenvalue weighted by Crippen LogP contribution is 2.37. The second-order valence-electron chi connectivity index (χ2n) is 6.34. The van der Waals surface area contributed by atoms with Crippen LogP contribution in [0.3, 0.4) is 0 Å². The fourth-order valence-electron chi connectivity index (χ4n) is 3.15. The number of methoxy groups -OCH3 is 1. The molecule has 3 aromatic carbocycles. The summed E-state index contributed by atoms with van der Waals surface area (Å²) < 4.78 is 58.8. The topological polar surface area (TPSA) is 56.3 Å². The van der Waals surface area contributed by atoms with E-state index in [4.69, 9.17) is 4.74 Å². The van der Waals surface area contributed by atoms with Gasteiger partial charge in [-0.15, -0.1) is 0 Å². The fourth-order valence-corrected chi connectivity index (χ4v) is 4.58. The molecule has 0 amide bonds. The molecule has 0 aliphatic carbocycles. The van der Waals surface area contributed by atoms with Gasteiger partial charge in [0.1, 0.15) is 17.4 Å². The van der Waals surface area contributed by atoms with E-state index in [1.165, 1.54) is 43.6 Å². The van der Waals surface area contributed by atoms with E-state index in [0.717, 1.165) is 12.1 Å². The molecule has 1 aromatic heterocycles. The number of sulfone groups is 1. The largest absolute Gasteiger partial charge is 0.497 e. The van der Waals surface area contributed by atoms with Gasteiger partial charge in [-0.2, -0.15) is 0 Å². The Morgan fingerprint density at radius 3 is 2.17 bits per heavy atom. The first-order valence-corrected chi connectivity index (χ1v) is 10.1. The summed E-state index contributed by atoms with van der Waals surface area (Å²) in [6.07, 6.45) is 1.21. The van der Waals surface area contributed by atoms with E-state index >= 15 is 0 Å². The van der Waals surface area contributed by atoms with Crippen LogP contribution in [0.4, 0.5) is 8.78 Å². The quantitative estimate of drug-likeness (QED) is 0.443. The van der Waals surface area contributed by atoms with E-state index in [1.54, 1.807) is 24.3 Å². The lowest BCUT2D eigenvalue weighted by molar-refractivity contribution is 0.415. The first-order chi connectivity index (χ1) is 13.9. The SMILES string of the molecule is COc1ccc(-c2c(S(=O)(=O)c3ccc(F)cc3)cnc3cc(F)ccc23)cc1. The molecular formula is C22H15F2NO3S. The Labute approximate surface area is 166 Å². The lowest BCUT2D eigenvalue weighted by Gasteiger charge is -2.14. The summed E-state index contributed by atoms with van der Waals surface area (Å²) >= 11 is 0. The molecule has 0 saturated carbocycles. The molecule has 1 heterocycles. The molecule has 0 fully saturated rings. The van der Waals surface area contributed by atoms with Crippen molar-refractivity contribution in [2.45, 2.75) is 9.79 Å². The highest BCUT2D eigenvalue weighted by atomic mass is 32.2. The standard InChI is InChI=1S/C22H15F2NO3S/c1-28-17-7-2-14(3-8-17)22-19-11-6-16(24)12-20(19)25-13-21(22)29(26,27)18-9-4-15(23)5-10-18/h2-13H,1H3. The zero-order chi connectivity index (χ0) is 20.6. The van der Waals surface area contributed by atoms with Gasteiger partial charge in [-0.25, -0.2) is 17.2 Å². The predicted octanol–water partition coefficient (Wildman–Crippen LogP) is 5.02. The Hall–Kier alpha value is -3.32. The van der Waals surface area contributed by atoms with Gasteiger partial charge in [0.15, 0.2) is 0 Å². The van der Waals surface area contributed by atoms with Crippen LogP contribution in [-0.4, -0.2) is 20.5 Å². The van der Waals surface area contributed by atoms with Crippen LogP contribution >= 0.6 is 0 Å². The number of ether oxygens (including phenoxy) is 1. The van der Waals surface area contributed by atoms with Gasteiger partial charge < -0.3 is 4.74 Å². The number of hydrogen-bond acceptors (Lipinski definition) is 4. The minimum absolute atomic E-state index is 0.0478. The molecule has 0 spiro atoms. The van der Waals surface area contributed by atoms with Crippen LogP contribution < -0.4 is 4.74 Å². The van der Waals surface area contributed by atoms with Crippen LogP contribution in [-0.2, 0) is 9.84 Å². The average Bonchev–Trinajstić information content (AvgIpc) is 2.73. The number of nitrogens with zero attached hydrogens (tertiary/aromatic N) is 1. The van der Waals surface area contributed by atoms with Gasteiger partial charge in [0.25, 0.3) is 0 Å². The number of halogens is 2. The van der Waals surface area contributed by atoms with Crippen molar-refractivity contribution < 1.29 is 21.9 Å². The second kappa shape index (κ2) is 7.25. The number of rotatable bonds is 4. The van der Waals surface area contributed by atoms with Gasteiger partial charge >= 0.3 is 0 Å². The van der Waals surface area contributed by atoms with Gasteiger partial charge in [0.05, 0.1) is 22.4 Å². The number of pyridine rings is 1. The molecule has 0 N–H and O–H groups in total. The third-order valence-electron chi connectivity index (χ3n) is 4.59. The third kappa shape index (κ3) is 3.45. The van der Waals surface area contributed by atoms with Crippen molar-refractivity contribution in [1.29, 1.82) is 0 Å². The molecule has 4 rings (SSSR count). The summed E-state index contributed by atoms with van der Waals surface area (Å²) in [5.41, 5.74) is 1.32. The number of hydrogen-bond donors (Lipinski definition) is 0. The minimum atomic E-state index is -4.01. The molecule has 29 heavy (non-hydrogen) atoms. The van der Waals surface area contributed by atoms with Gasteiger partial charge in [0, 0.05) is 23.2 Å². The molecule has 0 saturated heterocycles. The fraction of sp³-hybridized carbons (Fsp3) is 0.0455. The zero-order valence-electron chi connectivity index (χ0n) is 15.3. The van der Waals surface area contributed by atoms with Gasteiger partial charge in [-0.05, 0) is 54.1 Å². The zero-order valence-corrected chi connectivity index (χ0v) is 16.1. The van der Waals surface area contributed by atoms with Crippen molar-refractivity contribution in [2.75, 3.05) is 7.11 Å². The number of benzene rings is 3. The van der Waals surface area contributed by atoms with Crippen LogP contribution in [0.25, 0.3) is 22.0 Å². The monoisotopic (exact) mass is 411 g/mol.